The molecule has 2 heteroatoms. The molecule has 0 aromatic carbocycles. The highest BCUT2D eigenvalue weighted by atomic mass is 16.4. The lowest BCUT2D eigenvalue weighted by Crippen LogP contribution is -2.52. The fourth-order valence-electron chi connectivity index (χ4n) is 2.73. The van der Waals surface area contributed by atoms with E-state index in [0.29, 0.717) is 17.3 Å². The predicted molar refractivity (Wildman–Crippen MR) is 48.4 cm³/mol. The zero-order valence-corrected chi connectivity index (χ0v) is 7.83. The van der Waals surface area contributed by atoms with E-state index in [1.807, 2.05) is 6.08 Å². The number of hydrogen-bond acceptors (Lipinski definition) is 2. The van der Waals surface area contributed by atoms with Gasteiger partial charge in [-0.2, -0.15) is 0 Å². The van der Waals surface area contributed by atoms with Gasteiger partial charge in [0.2, 0.25) is 0 Å². The fourth-order valence-corrected chi connectivity index (χ4v) is 2.73. The molecule has 0 aromatic rings. The van der Waals surface area contributed by atoms with Crippen LogP contribution >= 0.6 is 0 Å². The maximum absolute atomic E-state index is 8.78. The fraction of sp³-hybridized carbons (Fsp3) is 0.700. The molecule has 0 spiro atoms. The number of nitrogens with zero attached hydrogens (tertiary/aromatic N) is 1. The van der Waals surface area contributed by atoms with Crippen LogP contribution in [0.4, 0.5) is 0 Å². The van der Waals surface area contributed by atoms with Crippen LogP contribution in [0.15, 0.2) is 16.8 Å². The number of fused-ring (bicyclic) bond motifs is 1. The molecule has 0 heterocycles. The van der Waals surface area contributed by atoms with Crippen molar-refractivity contribution in [3.63, 3.8) is 0 Å². The van der Waals surface area contributed by atoms with E-state index < -0.39 is 0 Å². The summed E-state index contributed by atoms with van der Waals surface area (Å²) in [7, 11) is 0. The lowest BCUT2D eigenvalue weighted by molar-refractivity contribution is 0.0446. The monoisotopic (exact) mass is 165 g/mol. The van der Waals surface area contributed by atoms with E-state index in [2.05, 4.69) is 25.9 Å². The van der Waals surface area contributed by atoms with Gasteiger partial charge in [-0.3, -0.25) is 0 Å². The second-order valence-electron chi connectivity index (χ2n) is 4.58. The van der Waals surface area contributed by atoms with Crippen molar-refractivity contribution in [2.75, 3.05) is 0 Å². The summed E-state index contributed by atoms with van der Waals surface area (Å²) in [5.41, 5.74) is 2.57. The molecule has 1 fully saturated rings. The number of allylic oxidation sites excluding steroid dienone is 2. The van der Waals surface area contributed by atoms with Gasteiger partial charge in [0, 0.05) is 5.92 Å². The Morgan fingerprint density at radius 3 is 2.58 bits per heavy atom. The Morgan fingerprint density at radius 2 is 2.17 bits per heavy atom. The first-order valence-electron chi connectivity index (χ1n) is 4.47. The zero-order chi connectivity index (χ0) is 8.93. The first-order valence-corrected chi connectivity index (χ1v) is 4.47. The van der Waals surface area contributed by atoms with Gasteiger partial charge in [0.1, 0.15) is 0 Å². The summed E-state index contributed by atoms with van der Waals surface area (Å²) in [5.74, 6) is 1.20. The van der Waals surface area contributed by atoms with Crippen LogP contribution in [0.3, 0.4) is 0 Å². The average molecular weight is 165 g/mol. The molecular formula is C10H15NO. The SMILES string of the molecule is CC1=C/C(=N\O)C2CC1C2(C)C. The molecule has 66 valence electrons. The van der Waals surface area contributed by atoms with Crippen molar-refractivity contribution >= 4 is 5.71 Å². The average Bonchev–Trinajstić information content (AvgIpc) is 2.02. The van der Waals surface area contributed by atoms with Gasteiger partial charge in [-0.05, 0) is 30.8 Å². The molecule has 0 amide bonds. The first kappa shape index (κ1) is 7.84. The minimum atomic E-state index is 0.320. The van der Waals surface area contributed by atoms with Crippen LogP contribution < -0.4 is 0 Å². The molecule has 3 aliphatic rings. The van der Waals surface area contributed by atoms with Crippen LogP contribution in [0, 0.1) is 17.3 Å². The highest BCUT2D eigenvalue weighted by Crippen LogP contribution is 2.57. The molecule has 0 aromatic heterocycles. The molecule has 0 aliphatic heterocycles. The maximum Gasteiger partial charge on any atom is 0.0831 e. The number of oxime groups is 1. The van der Waals surface area contributed by atoms with E-state index >= 15 is 0 Å². The third kappa shape index (κ3) is 0.728. The van der Waals surface area contributed by atoms with Crippen LogP contribution in [0.25, 0.3) is 0 Å². The van der Waals surface area contributed by atoms with E-state index in [-0.39, 0.29) is 0 Å². The van der Waals surface area contributed by atoms with Crippen LogP contribution in [-0.2, 0) is 0 Å². The third-order valence-electron chi connectivity index (χ3n) is 3.67. The molecule has 2 nitrogen and oxygen atoms in total. The van der Waals surface area contributed by atoms with E-state index in [9.17, 15) is 0 Å². The summed E-state index contributed by atoms with van der Waals surface area (Å²) in [6, 6.07) is 0. The minimum Gasteiger partial charge on any atom is -0.411 e. The molecule has 12 heavy (non-hydrogen) atoms. The highest BCUT2D eigenvalue weighted by molar-refractivity contribution is 6.00. The standard InChI is InChI=1S/C10H15NO/c1-6-4-9(11-12)8-5-7(6)10(8,2)3/h4,7-8,12H,5H2,1-3H3/b11-9+. The molecule has 0 saturated heterocycles. The van der Waals surface area contributed by atoms with Gasteiger partial charge in [0.05, 0.1) is 5.71 Å². The van der Waals surface area contributed by atoms with Gasteiger partial charge in [-0.1, -0.05) is 24.6 Å². The molecule has 1 N–H and O–H groups in total. The predicted octanol–water partition coefficient (Wildman–Crippen LogP) is 2.44. The summed E-state index contributed by atoms with van der Waals surface area (Å²) in [4.78, 5) is 0. The van der Waals surface area contributed by atoms with Gasteiger partial charge in [-0.15, -0.1) is 0 Å². The maximum atomic E-state index is 8.78. The Kier molecular flexibility index (Phi) is 1.39. The van der Waals surface area contributed by atoms with Gasteiger partial charge < -0.3 is 5.21 Å². The Balaban J connectivity index is 2.42. The van der Waals surface area contributed by atoms with Crippen molar-refractivity contribution in [1.29, 1.82) is 0 Å². The van der Waals surface area contributed by atoms with Crippen molar-refractivity contribution in [3.05, 3.63) is 11.6 Å². The van der Waals surface area contributed by atoms with E-state index in [0.717, 1.165) is 5.71 Å². The van der Waals surface area contributed by atoms with Gasteiger partial charge in [0.25, 0.3) is 0 Å². The molecule has 1 saturated carbocycles. The van der Waals surface area contributed by atoms with Gasteiger partial charge >= 0.3 is 0 Å². The summed E-state index contributed by atoms with van der Waals surface area (Å²) < 4.78 is 0. The number of rotatable bonds is 0. The van der Waals surface area contributed by atoms with Gasteiger partial charge in [0.15, 0.2) is 0 Å². The van der Waals surface area contributed by atoms with Crippen LogP contribution in [0.2, 0.25) is 0 Å². The summed E-state index contributed by atoms with van der Waals surface area (Å²) in [6.07, 6.45) is 3.21. The highest BCUT2D eigenvalue weighted by Gasteiger charge is 2.53. The smallest absolute Gasteiger partial charge is 0.0831 e. The molecule has 3 rings (SSSR count). The van der Waals surface area contributed by atoms with Crippen molar-refractivity contribution in [1.82, 2.24) is 0 Å². The second kappa shape index (κ2) is 2.12. The topological polar surface area (TPSA) is 32.6 Å². The van der Waals surface area contributed by atoms with E-state index in [1.165, 1.54) is 12.0 Å². The minimum absolute atomic E-state index is 0.320. The molecule has 2 bridgehead atoms. The van der Waals surface area contributed by atoms with Crippen LogP contribution in [-0.4, -0.2) is 10.9 Å². The summed E-state index contributed by atoms with van der Waals surface area (Å²) in [5, 5.41) is 12.1. The molecule has 3 aliphatic carbocycles. The summed E-state index contributed by atoms with van der Waals surface area (Å²) >= 11 is 0. The normalized spacial score (nSPS) is 40.6. The Hall–Kier alpha value is -0.790. The van der Waals surface area contributed by atoms with Crippen molar-refractivity contribution < 1.29 is 5.21 Å². The lowest BCUT2D eigenvalue weighted by Gasteiger charge is -2.55. The third-order valence-corrected chi connectivity index (χ3v) is 3.67. The Bertz CT molecular complexity index is 276. The van der Waals surface area contributed by atoms with E-state index in [4.69, 9.17) is 5.21 Å². The molecular weight excluding hydrogens is 150 g/mol. The second-order valence-corrected chi connectivity index (χ2v) is 4.58. The molecule has 0 radical (unpaired) electrons. The quantitative estimate of drug-likeness (QED) is 0.434. The zero-order valence-electron chi connectivity index (χ0n) is 7.83. The largest absolute Gasteiger partial charge is 0.411 e. The van der Waals surface area contributed by atoms with Crippen molar-refractivity contribution in [2.45, 2.75) is 27.2 Å². The molecule has 2 atom stereocenters. The Labute approximate surface area is 73.0 Å². The van der Waals surface area contributed by atoms with Crippen LogP contribution in [0.5, 0.6) is 0 Å². The number of hydrogen-bond donors (Lipinski definition) is 1. The van der Waals surface area contributed by atoms with Crippen LogP contribution in [0.1, 0.15) is 27.2 Å². The molecule has 2 unspecified atom stereocenters. The summed E-state index contributed by atoms with van der Waals surface area (Å²) in [6.45, 7) is 6.65. The lowest BCUT2D eigenvalue weighted by atomic mass is 9.48. The van der Waals surface area contributed by atoms with E-state index in [1.54, 1.807) is 0 Å². The first-order chi connectivity index (χ1) is 5.57. The Morgan fingerprint density at radius 1 is 1.50 bits per heavy atom. The van der Waals surface area contributed by atoms with Gasteiger partial charge in [-0.25, -0.2) is 0 Å². The van der Waals surface area contributed by atoms with Crippen molar-refractivity contribution in [2.24, 2.45) is 22.4 Å². The van der Waals surface area contributed by atoms with Crippen molar-refractivity contribution in [3.8, 4) is 0 Å².